The Balaban J connectivity index is 1.44. The van der Waals surface area contributed by atoms with Crippen molar-refractivity contribution in [2.24, 2.45) is 5.92 Å². The number of hydrogen-bond acceptors (Lipinski definition) is 5. The Labute approximate surface area is 221 Å². The topological polar surface area (TPSA) is 76.5 Å². The van der Waals surface area contributed by atoms with E-state index in [0.717, 1.165) is 51.4 Å². The summed E-state index contributed by atoms with van der Waals surface area (Å²) >= 11 is 0. The van der Waals surface area contributed by atoms with Crippen molar-refractivity contribution < 1.29 is 14.3 Å². The van der Waals surface area contributed by atoms with Crippen LogP contribution in [0, 0.1) is 5.92 Å². The van der Waals surface area contributed by atoms with Gasteiger partial charge in [-0.25, -0.2) is 0 Å². The molecule has 4 aromatic rings. The van der Waals surface area contributed by atoms with Gasteiger partial charge in [-0.15, -0.1) is 0 Å². The van der Waals surface area contributed by atoms with Crippen molar-refractivity contribution in [3.05, 3.63) is 101 Å². The van der Waals surface area contributed by atoms with E-state index in [2.05, 4.69) is 41.0 Å². The second-order valence-corrected chi connectivity index (χ2v) is 10.4. The quantitative estimate of drug-likeness (QED) is 0.375. The van der Waals surface area contributed by atoms with Crippen LogP contribution in [0.3, 0.4) is 0 Å². The molecular weight excluding hydrogens is 476 g/mol. The van der Waals surface area contributed by atoms with Crippen LogP contribution in [0.2, 0.25) is 0 Å². The van der Waals surface area contributed by atoms with Gasteiger partial charge in [-0.2, -0.15) is 0 Å². The van der Waals surface area contributed by atoms with Crippen LogP contribution >= 0.6 is 0 Å². The molecule has 1 N–H and O–H groups in total. The predicted molar refractivity (Wildman–Crippen MR) is 147 cm³/mol. The monoisotopic (exact) mass is 506 g/mol. The molecule has 0 spiro atoms. The lowest BCUT2D eigenvalue weighted by atomic mass is 9.84. The summed E-state index contributed by atoms with van der Waals surface area (Å²) < 4.78 is 8.25. The van der Waals surface area contributed by atoms with Crippen LogP contribution in [0.4, 0.5) is 5.69 Å². The molecule has 0 bridgehead atoms. The molecule has 0 radical (unpaired) electrons. The van der Waals surface area contributed by atoms with Gasteiger partial charge in [0.2, 0.25) is 5.91 Å². The van der Waals surface area contributed by atoms with E-state index >= 15 is 0 Å². The number of nitrogens with one attached hydrogen (secondary N) is 1. The maximum absolute atomic E-state index is 13.7. The number of amides is 2. The third-order valence-electron chi connectivity index (χ3n) is 7.21. The molecule has 7 heteroatoms. The minimum absolute atomic E-state index is 0.238. The number of benzene rings is 2. The van der Waals surface area contributed by atoms with Crippen molar-refractivity contribution in [1.82, 2.24) is 14.5 Å². The molecule has 2 aromatic heterocycles. The second-order valence-electron chi connectivity index (χ2n) is 10.4. The number of rotatable bonds is 6. The Morgan fingerprint density at radius 3 is 2.63 bits per heavy atom. The molecule has 2 aliphatic rings. The molecule has 2 aromatic carbocycles. The summed E-state index contributed by atoms with van der Waals surface area (Å²) in [5.41, 5.74) is 6.40. The van der Waals surface area contributed by atoms with E-state index in [1.54, 1.807) is 6.20 Å². The molecule has 0 fully saturated rings. The van der Waals surface area contributed by atoms with E-state index in [0.29, 0.717) is 18.1 Å². The van der Waals surface area contributed by atoms with E-state index in [-0.39, 0.29) is 24.3 Å². The van der Waals surface area contributed by atoms with Gasteiger partial charge in [-0.05, 0) is 53.4 Å². The first-order chi connectivity index (χ1) is 18.4. The molecule has 2 amide bonds. The van der Waals surface area contributed by atoms with Crippen LogP contribution in [-0.2, 0) is 22.7 Å². The summed E-state index contributed by atoms with van der Waals surface area (Å²) in [4.78, 5) is 31.7. The van der Waals surface area contributed by atoms with Gasteiger partial charge in [0.05, 0.1) is 23.3 Å². The third kappa shape index (κ3) is 4.14. The van der Waals surface area contributed by atoms with E-state index in [9.17, 15) is 9.59 Å². The zero-order valence-electron chi connectivity index (χ0n) is 21.8. The summed E-state index contributed by atoms with van der Waals surface area (Å²) in [6, 6.07) is 19.9. The Hall–Kier alpha value is -4.39. The minimum Gasteiger partial charge on any atom is -0.487 e. The van der Waals surface area contributed by atoms with Crippen molar-refractivity contribution in [3.63, 3.8) is 0 Å². The van der Waals surface area contributed by atoms with Crippen molar-refractivity contribution in [3.8, 4) is 5.75 Å². The summed E-state index contributed by atoms with van der Waals surface area (Å²) in [5.74, 6) is 0.379. The van der Waals surface area contributed by atoms with E-state index in [1.165, 1.54) is 11.8 Å². The third-order valence-corrected chi connectivity index (χ3v) is 7.21. The van der Waals surface area contributed by atoms with Crippen LogP contribution in [-0.4, -0.2) is 32.8 Å². The zero-order chi connectivity index (χ0) is 26.4. The average Bonchev–Trinajstić information content (AvgIpc) is 3.38. The standard InChI is InChI=1S/C31H30N4O3/c1-19(2)15-34-16-24-28(21-10-12-23(13-11-21)38-18-22-7-4-5-14-32-22)30-26(17-35(20(3)36)31(30)37)33-25-8-6-9-27(34)29(24)25/h4-14,16,19,28,33H,15,17-18H2,1-3H3. The van der Waals surface area contributed by atoms with E-state index < -0.39 is 0 Å². The minimum atomic E-state index is -0.321. The Bertz CT molecular complexity index is 1570. The van der Waals surface area contributed by atoms with Crippen LogP contribution in [0.25, 0.3) is 10.9 Å². The normalized spacial score (nSPS) is 16.6. The Kier molecular flexibility index (Phi) is 5.98. The highest BCUT2D eigenvalue weighted by molar-refractivity contribution is 6.11. The summed E-state index contributed by atoms with van der Waals surface area (Å²) in [6.07, 6.45) is 3.94. The number of aromatic nitrogens is 2. The first-order valence-corrected chi connectivity index (χ1v) is 13.0. The number of ether oxygens (including phenoxy) is 1. The molecule has 1 unspecified atom stereocenters. The van der Waals surface area contributed by atoms with E-state index in [4.69, 9.17) is 4.74 Å². The summed E-state index contributed by atoms with van der Waals surface area (Å²) in [5, 5.41) is 4.65. The Morgan fingerprint density at radius 2 is 1.92 bits per heavy atom. The number of carbonyl (C=O) groups excluding carboxylic acids is 2. The SMILES string of the molecule is CC(=O)N1CC2=C(C1=O)C(c1ccc(OCc3ccccn3)cc1)c1cn(CC(C)C)c3cccc(c13)N2. The maximum atomic E-state index is 13.7. The second kappa shape index (κ2) is 9.49. The van der Waals surface area contributed by atoms with Crippen LogP contribution in [0.15, 0.2) is 84.3 Å². The average molecular weight is 507 g/mol. The molecule has 1 atom stereocenters. The number of carbonyl (C=O) groups is 2. The van der Waals surface area contributed by atoms with Gasteiger partial charge in [0.25, 0.3) is 5.91 Å². The fourth-order valence-corrected chi connectivity index (χ4v) is 5.56. The first kappa shape index (κ1) is 24.0. The fourth-order valence-electron chi connectivity index (χ4n) is 5.56. The van der Waals surface area contributed by atoms with Gasteiger partial charge in [0, 0.05) is 48.6 Å². The highest BCUT2D eigenvalue weighted by Crippen LogP contribution is 2.46. The van der Waals surface area contributed by atoms with Gasteiger partial charge in [-0.1, -0.05) is 38.1 Å². The lowest BCUT2D eigenvalue weighted by Gasteiger charge is -2.20. The van der Waals surface area contributed by atoms with Crippen LogP contribution < -0.4 is 10.1 Å². The molecule has 0 aliphatic carbocycles. The summed E-state index contributed by atoms with van der Waals surface area (Å²) in [7, 11) is 0. The van der Waals surface area contributed by atoms with Gasteiger partial charge in [0.1, 0.15) is 12.4 Å². The number of imide groups is 1. The van der Waals surface area contributed by atoms with Crippen LogP contribution in [0.5, 0.6) is 5.75 Å². The number of hydrogen-bond donors (Lipinski definition) is 1. The van der Waals surface area contributed by atoms with Crippen LogP contribution in [0.1, 0.15) is 43.5 Å². The molecule has 0 saturated carbocycles. The summed E-state index contributed by atoms with van der Waals surface area (Å²) in [6.45, 7) is 7.34. The largest absolute Gasteiger partial charge is 0.487 e. The Morgan fingerprint density at radius 1 is 1.11 bits per heavy atom. The van der Waals surface area contributed by atoms with Crippen molar-refractivity contribution >= 4 is 28.4 Å². The molecule has 6 rings (SSSR count). The molecule has 7 nitrogen and oxygen atoms in total. The number of nitrogens with zero attached hydrogens (tertiary/aromatic N) is 3. The van der Waals surface area contributed by atoms with Crippen molar-refractivity contribution in [1.29, 1.82) is 0 Å². The highest BCUT2D eigenvalue weighted by Gasteiger charge is 2.41. The van der Waals surface area contributed by atoms with E-state index in [1.807, 2.05) is 54.6 Å². The van der Waals surface area contributed by atoms with Crippen molar-refractivity contribution in [2.45, 2.75) is 39.8 Å². The van der Waals surface area contributed by atoms with Crippen molar-refractivity contribution in [2.75, 3.05) is 11.9 Å². The van der Waals surface area contributed by atoms with Gasteiger partial charge in [0.15, 0.2) is 0 Å². The fraction of sp³-hybridized carbons (Fsp3) is 0.258. The highest BCUT2D eigenvalue weighted by atomic mass is 16.5. The smallest absolute Gasteiger partial charge is 0.259 e. The molecule has 2 aliphatic heterocycles. The van der Waals surface area contributed by atoms with Gasteiger partial charge in [-0.3, -0.25) is 19.5 Å². The molecular formula is C31H30N4O3. The van der Waals surface area contributed by atoms with Gasteiger partial charge >= 0.3 is 0 Å². The lowest BCUT2D eigenvalue weighted by Crippen LogP contribution is -2.33. The maximum Gasteiger partial charge on any atom is 0.259 e. The zero-order valence-corrected chi connectivity index (χ0v) is 21.8. The number of pyridine rings is 1. The number of anilines is 1. The lowest BCUT2D eigenvalue weighted by molar-refractivity contribution is -0.139. The molecule has 0 saturated heterocycles. The molecule has 4 heterocycles. The molecule has 192 valence electrons. The van der Waals surface area contributed by atoms with Gasteiger partial charge < -0.3 is 14.6 Å². The first-order valence-electron chi connectivity index (χ1n) is 13.0. The predicted octanol–water partition coefficient (Wildman–Crippen LogP) is 5.47. The molecule has 38 heavy (non-hydrogen) atoms.